The quantitative estimate of drug-likeness (QED) is 0.365. The Labute approximate surface area is 214 Å². The zero-order chi connectivity index (χ0) is 25.1. The van der Waals surface area contributed by atoms with Gasteiger partial charge in [0, 0.05) is 39.1 Å². The van der Waals surface area contributed by atoms with E-state index in [1.165, 1.54) is 37.7 Å². The molecule has 2 N–H and O–H groups in total. The molecule has 35 heavy (non-hydrogen) atoms. The van der Waals surface area contributed by atoms with E-state index in [4.69, 9.17) is 4.74 Å². The molecule has 1 aliphatic heterocycles. The lowest BCUT2D eigenvalue weighted by Crippen LogP contribution is -2.48. The molecule has 3 atom stereocenters. The summed E-state index contributed by atoms with van der Waals surface area (Å²) >= 11 is 0. The van der Waals surface area contributed by atoms with Gasteiger partial charge in [-0.3, -0.25) is 4.79 Å². The topological polar surface area (TPSA) is 61.8 Å². The molecule has 1 aromatic rings. The number of likely N-dealkylation sites (tertiary alicyclic amines) is 1. The average Bonchev–Trinajstić information content (AvgIpc) is 2.87. The van der Waals surface area contributed by atoms with Crippen molar-refractivity contribution in [2.45, 2.75) is 89.6 Å². The van der Waals surface area contributed by atoms with Gasteiger partial charge in [0.2, 0.25) is 5.91 Å². The smallest absolute Gasteiger partial charge is 0.222 e. The van der Waals surface area contributed by atoms with E-state index < -0.39 is 5.60 Å². The Kier molecular flexibility index (Phi) is 11.5. The Morgan fingerprint density at radius 1 is 1.20 bits per heavy atom. The third-order valence-electron chi connectivity index (χ3n) is 8.47. The van der Waals surface area contributed by atoms with E-state index in [2.05, 4.69) is 35.3 Å². The van der Waals surface area contributed by atoms with Crippen LogP contribution in [-0.4, -0.2) is 56.3 Å². The minimum absolute atomic E-state index is 0.0608. The van der Waals surface area contributed by atoms with Crippen LogP contribution in [0, 0.1) is 24.7 Å². The molecule has 2 fully saturated rings. The molecule has 0 aromatic heterocycles. The number of benzene rings is 1. The number of hydrogen-bond acceptors (Lipinski definition) is 4. The maximum Gasteiger partial charge on any atom is 0.222 e. The number of unbranched alkanes of at least 4 members (excludes halogenated alkanes) is 1. The first-order chi connectivity index (χ1) is 17.0. The first-order valence-electron chi connectivity index (χ1n) is 14.2. The van der Waals surface area contributed by atoms with Gasteiger partial charge >= 0.3 is 0 Å². The van der Waals surface area contributed by atoms with Crippen LogP contribution in [0.2, 0.25) is 0 Å². The summed E-state index contributed by atoms with van der Waals surface area (Å²) in [6.45, 7) is 5.18. The summed E-state index contributed by atoms with van der Waals surface area (Å²) < 4.78 is 5.25. The molecule has 5 nitrogen and oxygen atoms in total. The zero-order valence-corrected chi connectivity index (χ0v) is 22.6. The molecule has 1 heterocycles. The number of hydrogen-bond donors (Lipinski definition) is 2. The number of nitrogens with zero attached hydrogens (tertiary/aromatic N) is 1. The van der Waals surface area contributed by atoms with Crippen molar-refractivity contribution in [3.8, 4) is 0 Å². The van der Waals surface area contributed by atoms with E-state index in [-0.39, 0.29) is 11.8 Å². The van der Waals surface area contributed by atoms with Gasteiger partial charge in [0.15, 0.2) is 0 Å². The Bertz CT molecular complexity index is 764. The van der Waals surface area contributed by atoms with Gasteiger partial charge in [0.25, 0.3) is 0 Å². The summed E-state index contributed by atoms with van der Waals surface area (Å²) in [6, 6.07) is 8.32. The van der Waals surface area contributed by atoms with Crippen molar-refractivity contribution in [3.63, 3.8) is 0 Å². The Balaban J connectivity index is 1.67. The highest BCUT2D eigenvalue weighted by atomic mass is 16.5. The summed E-state index contributed by atoms with van der Waals surface area (Å²) in [5, 5.41) is 15.5. The predicted molar refractivity (Wildman–Crippen MR) is 143 cm³/mol. The number of amides is 1. The normalized spacial score (nSPS) is 22.1. The van der Waals surface area contributed by atoms with E-state index in [1.807, 2.05) is 13.1 Å². The van der Waals surface area contributed by atoms with Crippen molar-refractivity contribution >= 4 is 5.91 Å². The van der Waals surface area contributed by atoms with E-state index in [0.29, 0.717) is 31.9 Å². The van der Waals surface area contributed by atoms with Crippen LogP contribution in [0.3, 0.4) is 0 Å². The van der Waals surface area contributed by atoms with Crippen molar-refractivity contribution in [2.75, 3.05) is 40.4 Å². The standard InChI is InChI=1S/C30H50N2O3/c1-24-11-9-14-27(19-24)30(34,16-7-8-18-35-3)28-15-10-17-32(23-28)29(33)21-26(22-31-2)20-25-12-5-4-6-13-25/h9,11,14,19,25-26,28,31,34H,4-8,10,12-13,15-18,20-23H2,1-3H3/t26-,28-,30-/m1/s1. The summed E-state index contributed by atoms with van der Waals surface area (Å²) in [4.78, 5) is 15.6. The largest absolute Gasteiger partial charge is 0.385 e. The van der Waals surface area contributed by atoms with Crippen molar-refractivity contribution in [2.24, 2.45) is 17.8 Å². The molecule has 1 aromatic carbocycles. The van der Waals surface area contributed by atoms with Crippen molar-refractivity contribution in [3.05, 3.63) is 35.4 Å². The molecule has 1 saturated carbocycles. The lowest BCUT2D eigenvalue weighted by molar-refractivity contribution is -0.138. The number of aryl methyl sites for hydroxylation is 1. The maximum atomic E-state index is 13.5. The molecule has 0 unspecified atom stereocenters. The van der Waals surface area contributed by atoms with Crippen LogP contribution in [-0.2, 0) is 15.1 Å². The molecule has 1 aliphatic carbocycles. The Hall–Kier alpha value is -1.43. The SMILES string of the molecule is CNC[C@@H](CC(=O)N1CCC[C@@H]([C@@](O)(CCCCOC)c2cccc(C)c2)C1)CC1CCCCC1. The predicted octanol–water partition coefficient (Wildman–Crippen LogP) is 5.43. The lowest BCUT2D eigenvalue weighted by atomic mass is 9.73. The van der Waals surface area contributed by atoms with Crippen LogP contribution >= 0.6 is 0 Å². The van der Waals surface area contributed by atoms with Crippen molar-refractivity contribution < 1.29 is 14.6 Å². The van der Waals surface area contributed by atoms with Crippen LogP contribution < -0.4 is 5.32 Å². The van der Waals surface area contributed by atoms with Gasteiger partial charge in [0.05, 0.1) is 5.60 Å². The number of nitrogens with one attached hydrogen (secondary N) is 1. The zero-order valence-electron chi connectivity index (χ0n) is 22.6. The molecular formula is C30H50N2O3. The number of carbonyl (C=O) groups excluding carboxylic acids is 1. The van der Waals surface area contributed by atoms with Crippen LogP contribution in [0.15, 0.2) is 24.3 Å². The molecule has 5 heteroatoms. The summed E-state index contributed by atoms with van der Waals surface area (Å²) in [5.41, 5.74) is 1.25. The minimum atomic E-state index is -0.912. The van der Waals surface area contributed by atoms with Crippen molar-refractivity contribution in [1.29, 1.82) is 0 Å². The first kappa shape index (κ1) is 28.1. The van der Waals surface area contributed by atoms with E-state index in [9.17, 15) is 9.90 Å². The first-order valence-corrected chi connectivity index (χ1v) is 14.2. The molecule has 0 radical (unpaired) electrons. The summed E-state index contributed by atoms with van der Waals surface area (Å²) in [7, 11) is 3.73. The second-order valence-electron chi connectivity index (χ2n) is 11.3. The molecule has 2 aliphatic rings. The summed E-state index contributed by atoms with van der Waals surface area (Å²) in [6.07, 6.45) is 13.0. The highest BCUT2D eigenvalue weighted by molar-refractivity contribution is 5.76. The van der Waals surface area contributed by atoms with Gasteiger partial charge in [-0.1, -0.05) is 61.9 Å². The van der Waals surface area contributed by atoms with E-state index >= 15 is 0 Å². The number of rotatable bonds is 13. The van der Waals surface area contributed by atoms with Crippen LogP contribution in [0.1, 0.15) is 88.2 Å². The Morgan fingerprint density at radius 3 is 2.71 bits per heavy atom. The highest BCUT2D eigenvalue weighted by Gasteiger charge is 2.41. The molecule has 0 bridgehead atoms. The third kappa shape index (κ3) is 8.30. The van der Waals surface area contributed by atoms with Gasteiger partial charge in [-0.05, 0) is 76.4 Å². The lowest BCUT2D eigenvalue weighted by Gasteiger charge is -2.43. The monoisotopic (exact) mass is 486 g/mol. The van der Waals surface area contributed by atoms with Gasteiger partial charge in [0.1, 0.15) is 0 Å². The second kappa shape index (κ2) is 14.3. The molecule has 3 rings (SSSR count). The fourth-order valence-electron chi connectivity index (χ4n) is 6.53. The van der Waals surface area contributed by atoms with Crippen LogP contribution in [0.25, 0.3) is 0 Å². The van der Waals surface area contributed by atoms with Crippen molar-refractivity contribution in [1.82, 2.24) is 10.2 Å². The number of piperidine rings is 1. The second-order valence-corrected chi connectivity index (χ2v) is 11.3. The number of methoxy groups -OCH3 is 1. The average molecular weight is 487 g/mol. The molecular weight excluding hydrogens is 436 g/mol. The molecule has 0 spiro atoms. The molecule has 198 valence electrons. The highest BCUT2D eigenvalue weighted by Crippen LogP contribution is 2.40. The third-order valence-corrected chi connectivity index (χ3v) is 8.47. The van der Waals surface area contributed by atoms with Crippen LogP contribution in [0.5, 0.6) is 0 Å². The molecule has 1 amide bonds. The van der Waals surface area contributed by atoms with Crippen LogP contribution in [0.4, 0.5) is 0 Å². The Morgan fingerprint density at radius 2 is 2.00 bits per heavy atom. The minimum Gasteiger partial charge on any atom is -0.385 e. The fourth-order valence-corrected chi connectivity index (χ4v) is 6.53. The van der Waals surface area contributed by atoms with E-state index in [1.54, 1.807) is 7.11 Å². The summed E-state index contributed by atoms with van der Waals surface area (Å²) in [5.74, 6) is 1.52. The number of ether oxygens (including phenoxy) is 1. The molecule has 1 saturated heterocycles. The van der Waals surface area contributed by atoms with Gasteiger partial charge in [-0.15, -0.1) is 0 Å². The van der Waals surface area contributed by atoms with E-state index in [0.717, 1.165) is 56.7 Å². The number of carbonyl (C=O) groups is 1. The number of aliphatic hydroxyl groups is 1. The maximum absolute atomic E-state index is 13.5. The van der Waals surface area contributed by atoms with Gasteiger partial charge in [-0.2, -0.15) is 0 Å². The van der Waals surface area contributed by atoms with Gasteiger partial charge in [-0.25, -0.2) is 0 Å². The van der Waals surface area contributed by atoms with Gasteiger partial charge < -0.3 is 20.1 Å². The fraction of sp³-hybridized carbons (Fsp3) is 0.767.